The summed E-state index contributed by atoms with van der Waals surface area (Å²) in [5, 5.41) is 22.2. The van der Waals surface area contributed by atoms with Crippen molar-refractivity contribution < 1.29 is 15.0 Å². The number of rotatable bonds is 6. The highest BCUT2D eigenvalue weighted by Crippen LogP contribution is 2.44. The summed E-state index contributed by atoms with van der Waals surface area (Å²) in [6.07, 6.45) is 8.81. The molecule has 0 fully saturated rings. The number of amides is 1. The molecular formula is C27H33NO3. The molecule has 0 saturated carbocycles. The fraction of sp³-hybridized carbons (Fsp3) is 0.444. The maximum Gasteiger partial charge on any atom is 0.258 e. The average Bonchev–Trinajstić information content (AvgIpc) is 3.18. The van der Waals surface area contributed by atoms with Gasteiger partial charge in [-0.15, -0.1) is 0 Å². The Labute approximate surface area is 185 Å². The lowest BCUT2D eigenvalue weighted by Crippen LogP contribution is -2.27. The van der Waals surface area contributed by atoms with Gasteiger partial charge in [-0.1, -0.05) is 55.7 Å². The topological polar surface area (TPSA) is 60.8 Å². The number of benzene rings is 2. The second-order valence-corrected chi connectivity index (χ2v) is 9.09. The zero-order chi connectivity index (χ0) is 22.0. The van der Waals surface area contributed by atoms with Gasteiger partial charge < -0.3 is 15.1 Å². The lowest BCUT2D eigenvalue weighted by Gasteiger charge is -2.25. The van der Waals surface area contributed by atoms with Crippen molar-refractivity contribution in [2.45, 2.75) is 77.8 Å². The Morgan fingerprint density at radius 2 is 1.84 bits per heavy atom. The number of hydrogen-bond acceptors (Lipinski definition) is 3. The molecule has 31 heavy (non-hydrogen) atoms. The first-order valence-electron chi connectivity index (χ1n) is 11.6. The Morgan fingerprint density at radius 3 is 2.48 bits per heavy atom. The molecule has 1 aliphatic heterocycles. The zero-order valence-electron chi connectivity index (χ0n) is 18.7. The highest BCUT2D eigenvalue weighted by molar-refractivity contribution is 5.99. The van der Waals surface area contributed by atoms with Gasteiger partial charge in [-0.25, -0.2) is 0 Å². The summed E-state index contributed by atoms with van der Waals surface area (Å²) in [5.74, 6) is -0.108. The molecule has 0 spiro atoms. The van der Waals surface area contributed by atoms with Crippen LogP contribution in [0.5, 0.6) is 11.5 Å². The van der Waals surface area contributed by atoms with E-state index >= 15 is 0 Å². The van der Waals surface area contributed by atoms with Crippen LogP contribution in [0.4, 0.5) is 0 Å². The monoisotopic (exact) mass is 419 g/mol. The number of phenols is 2. The molecule has 2 aliphatic rings. The summed E-state index contributed by atoms with van der Waals surface area (Å²) >= 11 is 0. The average molecular weight is 420 g/mol. The quantitative estimate of drug-likeness (QED) is 0.433. The van der Waals surface area contributed by atoms with Gasteiger partial charge in [0.2, 0.25) is 0 Å². The Kier molecular flexibility index (Phi) is 6.35. The van der Waals surface area contributed by atoms with Crippen molar-refractivity contribution in [3.8, 4) is 11.5 Å². The summed E-state index contributed by atoms with van der Waals surface area (Å²) in [6.45, 7) is 5.35. The van der Waals surface area contributed by atoms with E-state index in [1.54, 1.807) is 6.07 Å². The van der Waals surface area contributed by atoms with Crippen LogP contribution in [0, 0.1) is 0 Å². The van der Waals surface area contributed by atoms with Crippen molar-refractivity contribution in [2.24, 2.45) is 0 Å². The minimum Gasteiger partial charge on any atom is -0.507 e. The molecule has 0 radical (unpaired) electrons. The summed E-state index contributed by atoms with van der Waals surface area (Å²) in [7, 11) is 0. The molecule has 1 unspecified atom stereocenters. The minimum atomic E-state index is -0.141. The van der Waals surface area contributed by atoms with E-state index in [1.165, 1.54) is 5.57 Å². The minimum absolute atomic E-state index is 0.0246. The maximum atomic E-state index is 13.7. The summed E-state index contributed by atoms with van der Waals surface area (Å²) in [6, 6.07) is 9.84. The Morgan fingerprint density at radius 1 is 1.13 bits per heavy atom. The van der Waals surface area contributed by atoms with E-state index in [9.17, 15) is 15.0 Å². The van der Waals surface area contributed by atoms with Crippen molar-refractivity contribution in [3.63, 3.8) is 0 Å². The Hall–Kier alpha value is -2.75. The number of allylic oxidation sites excluding steroid dienone is 2. The molecule has 2 N–H and O–H groups in total. The molecular weight excluding hydrogens is 386 g/mol. The largest absolute Gasteiger partial charge is 0.507 e. The molecule has 2 aromatic rings. The van der Waals surface area contributed by atoms with Gasteiger partial charge >= 0.3 is 0 Å². The number of hydrogen-bond donors (Lipinski definition) is 2. The lowest BCUT2D eigenvalue weighted by atomic mass is 9.83. The number of carbonyl (C=O) groups is 1. The smallest absolute Gasteiger partial charge is 0.258 e. The van der Waals surface area contributed by atoms with E-state index in [2.05, 4.69) is 32.1 Å². The van der Waals surface area contributed by atoms with Crippen LogP contribution in [0.2, 0.25) is 0 Å². The van der Waals surface area contributed by atoms with E-state index in [0.717, 1.165) is 55.2 Å². The predicted molar refractivity (Wildman–Crippen MR) is 123 cm³/mol. The molecule has 1 atom stereocenters. The van der Waals surface area contributed by atoms with Crippen molar-refractivity contribution in [2.75, 3.05) is 0 Å². The van der Waals surface area contributed by atoms with Crippen LogP contribution in [-0.2, 0) is 19.5 Å². The zero-order valence-corrected chi connectivity index (χ0v) is 18.7. The summed E-state index contributed by atoms with van der Waals surface area (Å²) < 4.78 is 0. The number of aromatic hydroxyl groups is 2. The van der Waals surface area contributed by atoms with Crippen LogP contribution < -0.4 is 0 Å². The fourth-order valence-electron chi connectivity index (χ4n) is 5.06. The summed E-state index contributed by atoms with van der Waals surface area (Å²) in [5.41, 5.74) is 5.24. The van der Waals surface area contributed by atoms with Crippen molar-refractivity contribution >= 4 is 5.91 Å². The van der Waals surface area contributed by atoms with Crippen LogP contribution in [-0.4, -0.2) is 21.0 Å². The van der Waals surface area contributed by atoms with E-state index in [4.69, 9.17) is 0 Å². The first-order valence-corrected chi connectivity index (χ1v) is 11.6. The van der Waals surface area contributed by atoms with Gasteiger partial charge in [0, 0.05) is 24.6 Å². The van der Waals surface area contributed by atoms with Gasteiger partial charge in [-0.3, -0.25) is 4.79 Å². The molecule has 4 nitrogen and oxygen atoms in total. The van der Waals surface area contributed by atoms with Crippen LogP contribution in [0.3, 0.4) is 0 Å². The van der Waals surface area contributed by atoms with Gasteiger partial charge in [-0.05, 0) is 61.8 Å². The van der Waals surface area contributed by atoms with Crippen LogP contribution in [0.15, 0.2) is 42.0 Å². The lowest BCUT2D eigenvalue weighted by molar-refractivity contribution is 0.0746. The van der Waals surface area contributed by atoms with E-state index in [-0.39, 0.29) is 23.3 Å². The molecule has 2 aromatic carbocycles. The SMILES string of the molecule is CCCCCc1cc(O)c(C2C=C(C)CCC2)c(O)c1C(=O)N1Cc2ccccc2C1. The second-order valence-electron chi connectivity index (χ2n) is 9.09. The van der Waals surface area contributed by atoms with Gasteiger partial charge in [0.25, 0.3) is 5.91 Å². The molecule has 0 saturated heterocycles. The molecule has 1 aliphatic carbocycles. The second kappa shape index (κ2) is 9.17. The third-order valence-electron chi connectivity index (χ3n) is 6.73. The van der Waals surface area contributed by atoms with Gasteiger partial charge in [-0.2, -0.15) is 0 Å². The number of carbonyl (C=O) groups excluding carboxylic acids is 1. The van der Waals surface area contributed by atoms with E-state index < -0.39 is 0 Å². The molecule has 164 valence electrons. The number of aryl methyl sites for hydroxylation is 1. The number of nitrogens with zero attached hydrogens (tertiary/aromatic N) is 1. The van der Waals surface area contributed by atoms with E-state index in [0.29, 0.717) is 30.6 Å². The first kappa shape index (κ1) is 21.5. The van der Waals surface area contributed by atoms with Gasteiger partial charge in [0.1, 0.15) is 11.5 Å². The van der Waals surface area contributed by atoms with Crippen LogP contribution in [0.25, 0.3) is 0 Å². The number of unbranched alkanes of at least 4 members (excludes halogenated alkanes) is 2. The molecule has 4 rings (SSSR count). The Bertz CT molecular complexity index is 983. The van der Waals surface area contributed by atoms with Crippen molar-refractivity contribution in [1.29, 1.82) is 0 Å². The first-order chi connectivity index (χ1) is 15.0. The van der Waals surface area contributed by atoms with Crippen LogP contribution >= 0.6 is 0 Å². The summed E-state index contributed by atoms with van der Waals surface area (Å²) in [4.78, 5) is 15.5. The Balaban J connectivity index is 1.74. The predicted octanol–water partition coefficient (Wildman–Crippen LogP) is 6.20. The molecule has 4 heteroatoms. The molecule has 1 amide bonds. The van der Waals surface area contributed by atoms with Gasteiger partial charge in [0.15, 0.2) is 0 Å². The maximum absolute atomic E-state index is 13.7. The standard InChI is InChI=1S/C27H33NO3/c1-3-4-5-10-20-15-23(29)24(19-13-8-9-18(2)14-19)26(30)25(20)27(31)28-16-21-11-6-7-12-22(21)17-28/h6-7,11-12,14-15,19,29-30H,3-5,8-10,13,16-17H2,1-2H3. The number of phenolic OH excluding ortho intramolecular Hbond substituents is 2. The normalized spacial score (nSPS) is 18.1. The van der Waals surface area contributed by atoms with Crippen molar-refractivity contribution in [3.05, 3.63) is 69.8 Å². The third kappa shape index (κ3) is 4.34. The highest BCUT2D eigenvalue weighted by Gasteiger charge is 2.31. The van der Waals surface area contributed by atoms with E-state index in [1.807, 2.05) is 17.0 Å². The van der Waals surface area contributed by atoms with Gasteiger partial charge in [0.05, 0.1) is 5.56 Å². The number of fused-ring (bicyclic) bond motifs is 1. The van der Waals surface area contributed by atoms with Crippen LogP contribution in [0.1, 0.15) is 90.9 Å². The molecule has 0 aromatic heterocycles. The third-order valence-corrected chi connectivity index (χ3v) is 6.73. The molecule has 1 heterocycles. The molecule has 0 bridgehead atoms. The highest BCUT2D eigenvalue weighted by atomic mass is 16.3. The van der Waals surface area contributed by atoms with Crippen molar-refractivity contribution in [1.82, 2.24) is 4.90 Å². The fourth-order valence-corrected chi connectivity index (χ4v) is 5.06.